The summed E-state index contributed by atoms with van der Waals surface area (Å²) in [5, 5.41) is 7.94. The lowest BCUT2D eigenvalue weighted by Crippen LogP contribution is -2.51. The Hall–Kier alpha value is -2.06. The number of anilines is 1. The van der Waals surface area contributed by atoms with Gasteiger partial charge in [-0.05, 0) is 24.3 Å². The van der Waals surface area contributed by atoms with Crippen LogP contribution in [0.3, 0.4) is 0 Å². The fraction of sp³-hybridized carbons (Fsp3) is 0.231. The van der Waals surface area contributed by atoms with Gasteiger partial charge in [-0.25, -0.2) is 9.80 Å². The van der Waals surface area contributed by atoms with E-state index in [2.05, 4.69) is 0 Å². The summed E-state index contributed by atoms with van der Waals surface area (Å²) in [6.45, 7) is 0. The molecule has 1 aliphatic rings. The minimum absolute atomic E-state index is 0.00403. The minimum atomic E-state index is -4.81. The van der Waals surface area contributed by atoms with E-state index in [-0.39, 0.29) is 15.7 Å². The smallest absolute Gasteiger partial charge is 0.335 e. The first kappa shape index (κ1) is 19.3. The number of carbonyl (C=O) groups excluding carboxylic acids is 3. The van der Waals surface area contributed by atoms with Crippen molar-refractivity contribution in [2.75, 3.05) is 9.44 Å². The maximum absolute atomic E-state index is 12.2. The van der Waals surface area contributed by atoms with Crippen molar-refractivity contribution in [1.82, 2.24) is 5.01 Å². The molecule has 0 aliphatic carbocycles. The Labute approximate surface area is 155 Å². The van der Waals surface area contributed by atoms with Gasteiger partial charge in [-0.1, -0.05) is 22.6 Å². The van der Waals surface area contributed by atoms with Gasteiger partial charge in [-0.15, -0.1) is 0 Å². The molecule has 0 bridgehead atoms. The molecule has 0 saturated carbocycles. The zero-order valence-corrected chi connectivity index (χ0v) is 15.3. The third-order valence-electron chi connectivity index (χ3n) is 3.35. The molecule has 1 heterocycles. The van der Waals surface area contributed by atoms with Crippen molar-refractivity contribution in [3.05, 3.63) is 29.8 Å². The van der Waals surface area contributed by atoms with Crippen LogP contribution in [0.1, 0.15) is 16.8 Å². The number of hydrogen-bond acceptors (Lipinski definition) is 6. The van der Waals surface area contributed by atoms with Gasteiger partial charge in [-0.2, -0.15) is 13.4 Å². The van der Waals surface area contributed by atoms with E-state index in [1.807, 2.05) is 0 Å². The fourth-order valence-corrected chi connectivity index (χ4v) is 3.24. The third kappa shape index (κ3) is 3.80. The number of hydrogen-bond donors (Lipinski definition) is 2. The highest BCUT2D eigenvalue weighted by Crippen LogP contribution is 2.26. The molecule has 1 saturated heterocycles. The van der Waals surface area contributed by atoms with Gasteiger partial charge < -0.3 is 5.11 Å². The Kier molecular flexibility index (Phi) is 5.43. The molecule has 1 aliphatic heterocycles. The first-order valence-corrected chi connectivity index (χ1v) is 9.66. The number of halogens is 1. The number of alkyl halides is 1. The number of amides is 3. The maximum atomic E-state index is 12.2. The van der Waals surface area contributed by atoms with E-state index >= 15 is 0 Å². The van der Waals surface area contributed by atoms with Crippen molar-refractivity contribution < 1.29 is 37.3 Å². The Morgan fingerprint density at radius 1 is 1.24 bits per heavy atom. The standard InChI is InChI=1S/C13H11IN2O8S/c14-6-11(18)15(8-3-1-7(2-4-8)13(20)21)16-10(17)5-9(12(16)19)25(22,23)24/h1-4,9H,5-6H2,(H,20,21)(H,22,23,24). The molecule has 0 spiro atoms. The van der Waals surface area contributed by atoms with Gasteiger partial charge in [-0.3, -0.25) is 18.9 Å². The topological polar surface area (TPSA) is 149 Å². The first-order chi connectivity index (χ1) is 11.6. The minimum Gasteiger partial charge on any atom is -0.478 e. The summed E-state index contributed by atoms with van der Waals surface area (Å²) in [7, 11) is -4.81. The predicted molar refractivity (Wildman–Crippen MR) is 91.6 cm³/mol. The second-order valence-electron chi connectivity index (χ2n) is 4.94. The van der Waals surface area contributed by atoms with Crippen LogP contribution in [0.2, 0.25) is 0 Å². The van der Waals surface area contributed by atoms with Crippen LogP contribution in [-0.4, -0.2) is 56.5 Å². The highest BCUT2D eigenvalue weighted by Gasteiger charge is 2.49. The molecule has 2 rings (SSSR count). The Morgan fingerprint density at radius 2 is 1.80 bits per heavy atom. The normalized spacial score (nSPS) is 17.7. The summed E-state index contributed by atoms with van der Waals surface area (Å²) in [6.07, 6.45) is -0.796. The SMILES string of the molecule is O=C(O)c1ccc(N(C(=O)CI)N2C(=O)CC(S(=O)(=O)O)C2=O)cc1. The second-order valence-corrected chi connectivity index (χ2v) is 7.30. The van der Waals surface area contributed by atoms with Gasteiger partial charge in [0.15, 0.2) is 5.25 Å². The summed E-state index contributed by atoms with van der Waals surface area (Å²) >= 11 is 1.69. The van der Waals surface area contributed by atoms with Crippen molar-refractivity contribution in [3.8, 4) is 0 Å². The van der Waals surface area contributed by atoms with E-state index in [4.69, 9.17) is 9.66 Å². The molecular weight excluding hydrogens is 471 g/mol. The summed E-state index contributed by atoms with van der Waals surface area (Å²) < 4.78 is 31.4. The van der Waals surface area contributed by atoms with Crippen LogP contribution >= 0.6 is 22.6 Å². The van der Waals surface area contributed by atoms with E-state index < -0.39 is 45.5 Å². The van der Waals surface area contributed by atoms with Crippen molar-refractivity contribution in [2.45, 2.75) is 11.7 Å². The van der Waals surface area contributed by atoms with Crippen LogP contribution in [0.4, 0.5) is 5.69 Å². The quantitative estimate of drug-likeness (QED) is 0.260. The fourth-order valence-electron chi connectivity index (χ4n) is 2.21. The lowest BCUT2D eigenvalue weighted by molar-refractivity contribution is -0.142. The highest BCUT2D eigenvalue weighted by molar-refractivity contribution is 14.1. The number of imide groups is 1. The van der Waals surface area contributed by atoms with E-state index in [9.17, 15) is 27.6 Å². The first-order valence-electron chi connectivity index (χ1n) is 6.63. The number of nitrogens with zero attached hydrogens (tertiary/aromatic N) is 2. The van der Waals surface area contributed by atoms with Crippen molar-refractivity contribution in [1.29, 1.82) is 0 Å². The Balaban J connectivity index is 2.48. The van der Waals surface area contributed by atoms with E-state index in [0.29, 0.717) is 10.0 Å². The van der Waals surface area contributed by atoms with Crippen LogP contribution in [0.5, 0.6) is 0 Å². The van der Waals surface area contributed by atoms with Crippen molar-refractivity contribution in [2.24, 2.45) is 0 Å². The molecule has 3 amide bonds. The Morgan fingerprint density at radius 3 is 2.20 bits per heavy atom. The van der Waals surface area contributed by atoms with E-state index in [1.54, 1.807) is 22.6 Å². The molecule has 0 aromatic heterocycles. The number of aromatic carboxylic acids is 1. The molecule has 1 unspecified atom stereocenters. The lowest BCUT2D eigenvalue weighted by atomic mass is 10.2. The summed E-state index contributed by atoms with van der Waals surface area (Å²) in [5.74, 6) is -4.15. The monoisotopic (exact) mass is 482 g/mol. The average Bonchev–Trinajstić information content (AvgIpc) is 2.84. The van der Waals surface area contributed by atoms with Crippen LogP contribution in [0.25, 0.3) is 0 Å². The van der Waals surface area contributed by atoms with Gasteiger partial charge in [0.1, 0.15) is 0 Å². The van der Waals surface area contributed by atoms with Crippen molar-refractivity contribution in [3.63, 3.8) is 0 Å². The number of rotatable bonds is 5. The molecule has 1 atom stereocenters. The Bertz CT molecular complexity index is 851. The van der Waals surface area contributed by atoms with Crippen LogP contribution in [0, 0.1) is 0 Å². The summed E-state index contributed by atoms with van der Waals surface area (Å²) in [6, 6.07) is 4.73. The summed E-state index contributed by atoms with van der Waals surface area (Å²) in [5.41, 5.74) is -0.0788. The summed E-state index contributed by atoms with van der Waals surface area (Å²) in [4.78, 5) is 47.4. The van der Waals surface area contributed by atoms with Crippen LogP contribution in [0.15, 0.2) is 24.3 Å². The van der Waals surface area contributed by atoms with Gasteiger partial charge in [0.05, 0.1) is 22.1 Å². The molecular formula is C13H11IN2O8S. The van der Waals surface area contributed by atoms with Crippen molar-refractivity contribution >= 4 is 62.1 Å². The van der Waals surface area contributed by atoms with Gasteiger partial charge in [0, 0.05) is 0 Å². The maximum Gasteiger partial charge on any atom is 0.335 e. The molecule has 0 radical (unpaired) electrons. The van der Waals surface area contributed by atoms with Gasteiger partial charge >= 0.3 is 5.97 Å². The molecule has 25 heavy (non-hydrogen) atoms. The second kappa shape index (κ2) is 7.05. The molecule has 1 aromatic carbocycles. The molecule has 10 nitrogen and oxygen atoms in total. The molecule has 12 heteroatoms. The zero-order valence-electron chi connectivity index (χ0n) is 12.3. The highest BCUT2D eigenvalue weighted by atomic mass is 127. The average molecular weight is 482 g/mol. The zero-order chi connectivity index (χ0) is 18.9. The van der Waals surface area contributed by atoms with Gasteiger partial charge in [0.25, 0.3) is 27.8 Å². The number of carboxylic acids is 1. The van der Waals surface area contributed by atoms with Crippen LogP contribution in [-0.2, 0) is 24.5 Å². The van der Waals surface area contributed by atoms with E-state index in [0.717, 1.165) is 12.1 Å². The number of carboxylic acid groups (broad SMARTS) is 1. The molecule has 134 valence electrons. The number of hydrazine groups is 1. The van der Waals surface area contributed by atoms with Gasteiger partial charge in [0.2, 0.25) is 0 Å². The number of carbonyl (C=O) groups is 4. The number of benzene rings is 1. The lowest BCUT2D eigenvalue weighted by Gasteiger charge is -2.29. The predicted octanol–water partition coefficient (Wildman–Crippen LogP) is 0.0831. The third-order valence-corrected chi connectivity index (χ3v) is 5.09. The van der Waals surface area contributed by atoms with E-state index in [1.165, 1.54) is 12.1 Å². The molecule has 2 N–H and O–H groups in total. The molecule has 1 aromatic rings. The van der Waals surface area contributed by atoms with Crippen LogP contribution < -0.4 is 5.01 Å². The largest absolute Gasteiger partial charge is 0.478 e. The molecule has 1 fully saturated rings.